The van der Waals surface area contributed by atoms with Gasteiger partial charge in [0.1, 0.15) is 24.7 Å². The average Bonchev–Trinajstić information content (AvgIpc) is 3.23. The third kappa shape index (κ3) is 6.75. The van der Waals surface area contributed by atoms with Gasteiger partial charge in [-0.1, -0.05) is 19.3 Å². The van der Waals surface area contributed by atoms with Gasteiger partial charge in [0.05, 0.1) is 0 Å². The van der Waals surface area contributed by atoms with Crippen LogP contribution in [0, 0.1) is 5.92 Å². The molecule has 7 unspecified atom stereocenters. The monoisotopic (exact) mass is 491 g/mol. The van der Waals surface area contributed by atoms with E-state index < -0.39 is 24.4 Å². The van der Waals surface area contributed by atoms with Gasteiger partial charge in [-0.15, -0.1) is 11.6 Å². The smallest absolute Gasteiger partial charge is 0.229 e. The Labute approximate surface area is 199 Å². The van der Waals surface area contributed by atoms with E-state index in [4.69, 9.17) is 16.6 Å². The molecule has 4 fully saturated rings. The van der Waals surface area contributed by atoms with Gasteiger partial charge in [0, 0.05) is 29.9 Å². The number of nitrogens with zero attached hydrogens (tertiary/aromatic N) is 2. The van der Waals surface area contributed by atoms with E-state index in [2.05, 4.69) is 21.1 Å². The summed E-state index contributed by atoms with van der Waals surface area (Å²) in [6, 6.07) is 0.152. The lowest BCUT2D eigenvalue weighted by Crippen LogP contribution is -2.52. The first-order chi connectivity index (χ1) is 15.9. The molecule has 0 radical (unpaired) electrons. The molecule has 10 heteroatoms. The zero-order chi connectivity index (χ0) is 23.4. The number of rotatable bonds is 4. The predicted molar refractivity (Wildman–Crippen MR) is 123 cm³/mol. The lowest BCUT2D eigenvalue weighted by molar-refractivity contribution is -0.125. The van der Waals surface area contributed by atoms with Gasteiger partial charge >= 0.3 is 0 Å². The SMILES string of the molecule is O=C(N/C(=N\C1CCNN1C1CCCCC1)NC1CC(F)CC(Cl)C1)C1CCC(F)C(F)C1. The molecule has 6 nitrogen and oxygen atoms in total. The van der Waals surface area contributed by atoms with Gasteiger partial charge in [-0.25, -0.2) is 23.2 Å². The zero-order valence-electron chi connectivity index (χ0n) is 19.1. The second kappa shape index (κ2) is 11.6. The molecule has 1 saturated heterocycles. The van der Waals surface area contributed by atoms with Crippen molar-refractivity contribution in [1.82, 2.24) is 21.1 Å². The van der Waals surface area contributed by atoms with Crippen LogP contribution in [0.15, 0.2) is 4.99 Å². The summed E-state index contributed by atoms with van der Waals surface area (Å²) < 4.78 is 41.6. The molecule has 0 aromatic carbocycles. The fourth-order valence-electron chi connectivity index (χ4n) is 5.71. The van der Waals surface area contributed by atoms with Crippen molar-refractivity contribution >= 4 is 23.5 Å². The highest BCUT2D eigenvalue weighted by Gasteiger charge is 2.36. The van der Waals surface area contributed by atoms with E-state index in [-0.39, 0.29) is 42.3 Å². The minimum atomic E-state index is -1.62. The number of hydrogen-bond donors (Lipinski definition) is 3. The summed E-state index contributed by atoms with van der Waals surface area (Å²) in [5.41, 5.74) is 3.44. The summed E-state index contributed by atoms with van der Waals surface area (Å²) in [5, 5.41) is 7.99. The number of guanidine groups is 1. The normalized spacial score (nSPS) is 39.4. The van der Waals surface area contributed by atoms with Gasteiger partial charge in [0.15, 0.2) is 5.96 Å². The highest BCUT2D eigenvalue weighted by atomic mass is 35.5. The zero-order valence-corrected chi connectivity index (χ0v) is 19.9. The van der Waals surface area contributed by atoms with Crippen molar-refractivity contribution in [2.24, 2.45) is 10.9 Å². The minimum absolute atomic E-state index is 0.0429. The molecule has 3 N–H and O–H groups in total. The number of amides is 1. The highest BCUT2D eigenvalue weighted by molar-refractivity contribution is 6.20. The molecule has 33 heavy (non-hydrogen) atoms. The van der Waals surface area contributed by atoms with Gasteiger partial charge < -0.3 is 5.32 Å². The van der Waals surface area contributed by atoms with E-state index in [1.165, 1.54) is 19.3 Å². The predicted octanol–water partition coefficient (Wildman–Crippen LogP) is 3.89. The number of carbonyl (C=O) groups is 1. The lowest BCUT2D eigenvalue weighted by atomic mass is 9.86. The molecular formula is C23H37ClF3N5O. The summed E-state index contributed by atoms with van der Waals surface area (Å²) in [4.78, 5) is 17.8. The van der Waals surface area contributed by atoms with Crippen molar-refractivity contribution in [2.75, 3.05) is 6.54 Å². The Morgan fingerprint density at radius 2 is 1.73 bits per heavy atom. The molecule has 0 spiro atoms. The van der Waals surface area contributed by atoms with Crippen LogP contribution >= 0.6 is 11.6 Å². The largest absolute Gasteiger partial charge is 0.353 e. The van der Waals surface area contributed by atoms with E-state index in [1.54, 1.807) is 0 Å². The van der Waals surface area contributed by atoms with Crippen molar-refractivity contribution < 1.29 is 18.0 Å². The third-order valence-corrected chi connectivity index (χ3v) is 7.86. The molecular weight excluding hydrogens is 455 g/mol. The van der Waals surface area contributed by atoms with Gasteiger partial charge in [-0.3, -0.25) is 15.5 Å². The molecule has 1 heterocycles. The van der Waals surface area contributed by atoms with Crippen LogP contribution in [-0.4, -0.2) is 65.6 Å². The molecule has 4 aliphatic rings. The van der Waals surface area contributed by atoms with Crippen LogP contribution in [0.3, 0.4) is 0 Å². The Bertz CT molecular complexity index is 685. The van der Waals surface area contributed by atoms with E-state index in [0.717, 1.165) is 25.8 Å². The molecule has 0 aromatic rings. The summed E-state index contributed by atoms with van der Waals surface area (Å²) in [7, 11) is 0. The Hall–Kier alpha value is -1.06. The summed E-state index contributed by atoms with van der Waals surface area (Å²) in [5.74, 6) is -0.674. The van der Waals surface area contributed by atoms with Crippen LogP contribution < -0.4 is 16.1 Å². The fourth-order valence-corrected chi connectivity index (χ4v) is 6.12. The first-order valence-electron chi connectivity index (χ1n) is 12.6. The van der Waals surface area contributed by atoms with Crippen LogP contribution in [0.4, 0.5) is 13.2 Å². The summed E-state index contributed by atoms with van der Waals surface area (Å²) in [6.45, 7) is 0.801. The van der Waals surface area contributed by atoms with Crippen molar-refractivity contribution in [3.8, 4) is 0 Å². The molecule has 7 atom stereocenters. The summed E-state index contributed by atoms with van der Waals surface area (Å²) in [6.07, 6.45) is 3.80. The molecule has 4 rings (SSSR count). The summed E-state index contributed by atoms with van der Waals surface area (Å²) >= 11 is 6.24. The van der Waals surface area contributed by atoms with Crippen molar-refractivity contribution in [2.45, 2.75) is 119 Å². The first-order valence-corrected chi connectivity index (χ1v) is 13.1. The van der Waals surface area contributed by atoms with E-state index in [9.17, 15) is 18.0 Å². The number of aliphatic imine (C=N–C) groups is 1. The second-order valence-electron chi connectivity index (χ2n) is 10.1. The molecule has 1 amide bonds. The number of alkyl halides is 4. The van der Waals surface area contributed by atoms with Crippen LogP contribution in [-0.2, 0) is 4.79 Å². The van der Waals surface area contributed by atoms with E-state index in [1.807, 2.05) is 0 Å². The maximum Gasteiger partial charge on any atom is 0.229 e. The maximum absolute atomic E-state index is 14.1. The van der Waals surface area contributed by atoms with Gasteiger partial charge in [-0.2, -0.15) is 0 Å². The quantitative estimate of drug-likeness (QED) is 0.317. The van der Waals surface area contributed by atoms with Gasteiger partial charge in [0.25, 0.3) is 0 Å². The van der Waals surface area contributed by atoms with Crippen LogP contribution in [0.25, 0.3) is 0 Å². The van der Waals surface area contributed by atoms with Gasteiger partial charge in [-0.05, 0) is 57.8 Å². The van der Waals surface area contributed by atoms with Gasteiger partial charge in [0.2, 0.25) is 5.91 Å². The van der Waals surface area contributed by atoms with E-state index in [0.29, 0.717) is 31.7 Å². The Kier molecular flexibility index (Phi) is 8.79. The topological polar surface area (TPSA) is 68.8 Å². The number of hydrogen-bond acceptors (Lipinski definition) is 4. The van der Waals surface area contributed by atoms with Crippen LogP contribution in [0.5, 0.6) is 0 Å². The number of carbonyl (C=O) groups excluding carboxylic acids is 1. The molecule has 0 aromatic heterocycles. The molecule has 3 saturated carbocycles. The Balaban J connectivity index is 1.47. The van der Waals surface area contributed by atoms with E-state index >= 15 is 0 Å². The maximum atomic E-state index is 14.1. The van der Waals surface area contributed by atoms with Crippen LogP contribution in [0.2, 0.25) is 0 Å². The number of hydrazine groups is 1. The number of halogens is 4. The van der Waals surface area contributed by atoms with Crippen LogP contribution in [0.1, 0.15) is 77.0 Å². The Morgan fingerprint density at radius 1 is 0.939 bits per heavy atom. The van der Waals surface area contributed by atoms with Crippen molar-refractivity contribution in [3.63, 3.8) is 0 Å². The molecule has 188 valence electrons. The first kappa shape index (κ1) is 25.0. The third-order valence-electron chi connectivity index (χ3n) is 7.50. The van der Waals surface area contributed by atoms with Crippen molar-refractivity contribution in [1.29, 1.82) is 0 Å². The minimum Gasteiger partial charge on any atom is -0.353 e. The standard InChI is InChI=1S/C23H37ClF3N5O/c24-15-11-16(25)13-17(12-15)29-23(31-22(33)14-6-7-19(26)20(27)10-14)30-21-8-9-28-32(21)18-4-2-1-3-5-18/h14-21,28H,1-13H2,(H2,29,30,31,33). The fraction of sp³-hybridized carbons (Fsp3) is 0.913. The Morgan fingerprint density at radius 3 is 2.45 bits per heavy atom. The molecule has 3 aliphatic carbocycles. The highest BCUT2D eigenvalue weighted by Crippen LogP contribution is 2.30. The number of nitrogens with one attached hydrogen (secondary N) is 3. The lowest BCUT2D eigenvalue weighted by Gasteiger charge is -2.34. The van der Waals surface area contributed by atoms with Crippen molar-refractivity contribution in [3.05, 3.63) is 0 Å². The molecule has 1 aliphatic heterocycles. The average molecular weight is 492 g/mol. The molecule has 0 bridgehead atoms. The second-order valence-corrected chi connectivity index (χ2v) is 10.7.